The molecule has 2 heterocycles. The predicted molar refractivity (Wildman–Crippen MR) is 116 cm³/mol. The fourth-order valence-corrected chi connectivity index (χ4v) is 3.83. The average molecular weight is 413 g/mol. The largest absolute Gasteiger partial charge is 0.508 e. The van der Waals surface area contributed by atoms with Crippen LogP contribution in [0.2, 0.25) is 0 Å². The first-order valence-electron chi connectivity index (χ1n) is 9.76. The third kappa shape index (κ3) is 3.28. The average Bonchev–Trinajstić information content (AvgIpc) is 3.24. The summed E-state index contributed by atoms with van der Waals surface area (Å²) in [5.74, 6) is -0.0273. The molecule has 5 rings (SSSR count). The van der Waals surface area contributed by atoms with E-state index in [1.807, 2.05) is 66.3 Å². The Balaban J connectivity index is 1.55. The van der Waals surface area contributed by atoms with Gasteiger partial charge >= 0.3 is 0 Å². The van der Waals surface area contributed by atoms with Gasteiger partial charge in [-0.3, -0.25) is 4.79 Å². The maximum Gasteiger partial charge on any atom is 0.235 e. The number of aromatic hydroxyl groups is 2. The molecule has 0 atom stereocenters. The van der Waals surface area contributed by atoms with Gasteiger partial charge < -0.3 is 24.3 Å². The van der Waals surface area contributed by atoms with Crippen LogP contribution in [0.4, 0.5) is 0 Å². The number of fused-ring (bicyclic) bond motifs is 2. The minimum Gasteiger partial charge on any atom is -0.508 e. The number of phenolic OH excluding ortho intramolecular Hbond substituents is 2. The molecule has 3 aromatic carbocycles. The van der Waals surface area contributed by atoms with Crippen molar-refractivity contribution in [3.8, 4) is 23.0 Å². The van der Waals surface area contributed by atoms with Crippen molar-refractivity contribution in [3.63, 3.8) is 0 Å². The highest BCUT2D eigenvalue weighted by atomic mass is 16.5. The molecular weight excluding hydrogens is 394 g/mol. The molecule has 0 saturated carbocycles. The van der Waals surface area contributed by atoms with Crippen LogP contribution in [0.25, 0.3) is 17.0 Å². The van der Waals surface area contributed by atoms with Gasteiger partial charge in [-0.15, -0.1) is 0 Å². The Labute approximate surface area is 178 Å². The zero-order valence-corrected chi connectivity index (χ0v) is 16.7. The fourth-order valence-electron chi connectivity index (χ4n) is 3.83. The van der Waals surface area contributed by atoms with E-state index in [0.717, 1.165) is 28.1 Å². The third-order valence-electron chi connectivity index (χ3n) is 5.27. The van der Waals surface area contributed by atoms with Crippen LogP contribution in [-0.4, -0.2) is 20.6 Å². The van der Waals surface area contributed by atoms with E-state index in [9.17, 15) is 15.0 Å². The second-order valence-corrected chi connectivity index (χ2v) is 7.40. The van der Waals surface area contributed by atoms with E-state index in [0.29, 0.717) is 12.4 Å². The zero-order valence-electron chi connectivity index (χ0n) is 16.7. The number of ether oxygens (including phenoxy) is 2. The molecule has 2 N–H and O–H groups in total. The summed E-state index contributed by atoms with van der Waals surface area (Å²) in [7, 11) is 1.92. The minimum absolute atomic E-state index is 0.0461. The quantitative estimate of drug-likeness (QED) is 0.471. The predicted octanol–water partition coefficient (Wildman–Crippen LogP) is 4.78. The highest BCUT2D eigenvalue weighted by molar-refractivity contribution is 6.17. The molecule has 0 radical (unpaired) electrons. The Morgan fingerprint density at radius 1 is 1.06 bits per heavy atom. The number of rotatable bonds is 4. The van der Waals surface area contributed by atoms with Crippen molar-refractivity contribution in [2.24, 2.45) is 7.05 Å². The second kappa shape index (κ2) is 7.25. The Hall–Kier alpha value is -4.19. The SMILES string of the molecule is Cn1cc(C=C2Oc3cc(O)cc(O)c3C2=O)c2c(OCc3ccccc3)cccc21. The van der Waals surface area contributed by atoms with Crippen molar-refractivity contribution in [1.82, 2.24) is 4.57 Å². The van der Waals surface area contributed by atoms with Crippen LogP contribution in [0.15, 0.2) is 72.6 Å². The lowest BCUT2D eigenvalue weighted by atomic mass is 10.1. The smallest absolute Gasteiger partial charge is 0.235 e. The molecule has 0 saturated heterocycles. The molecule has 0 fully saturated rings. The standard InChI is InChI=1S/C25H19NO5/c1-26-13-16(10-22-25(29)24-19(28)11-17(27)12-21(24)31-22)23-18(26)8-5-9-20(23)30-14-15-6-3-2-4-7-15/h2-13,27-28H,14H2,1H3. The number of phenols is 2. The van der Waals surface area contributed by atoms with E-state index >= 15 is 0 Å². The lowest BCUT2D eigenvalue weighted by Crippen LogP contribution is -1.99. The zero-order chi connectivity index (χ0) is 21.5. The number of carbonyl (C=O) groups excluding carboxylic acids is 1. The van der Waals surface area contributed by atoms with Crippen LogP contribution in [0.5, 0.6) is 23.0 Å². The van der Waals surface area contributed by atoms with E-state index in [1.54, 1.807) is 6.08 Å². The molecule has 0 amide bonds. The maximum atomic E-state index is 12.8. The van der Waals surface area contributed by atoms with Crippen LogP contribution in [0, 0.1) is 0 Å². The van der Waals surface area contributed by atoms with E-state index in [1.165, 1.54) is 6.07 Å². The summed E-state index contributed by atoms with van der Waals surface area (Å²) in [5.41, 5.74) is 2.79. The topological polar surface area (TPSA) is 80.9 Å². The van der Waals surface area contributed by atoms with Crippen LogP contribution >= 0.6 is 0 Å². The van der Waals surface area contributed by atoms with Crippen molar-refractivity contribution in [2.45, 2.75) is 6.61 Å². The highest BCUT2D eigenvalue weighted by Gasteiger charge is 2.31. The van der Waals surface area contributed by atoms with Gasteiger partial charge in [-0.1, -0.05) is 36.4 Å². The summed E-state index contributed by atoms with van der Waals surface area (Å²) in [6.45, 7) is 0.416. The normalized spacial score (nSPS) is 14.1. The van der Waals surface area contributed by atoms with Crippen molar-refractivity contribution in [1.29, 1.82) is 0 Å². The first-order chi connectivity index (χ1) is 15.0. The lowest BCUT2D eigenvalue weighted by molar-refractivity contribution is 0.101. The number of allylic oxidation sites excluding steroid dienone is 1. The summed E-state index contributed by atoms with van der Waals surface area (Å²) >= 11 is 0. The van der Waals surface area contributed by atoms with Crippen LogP contribution < -0.4 is 9.47 Å². The molecule has 4 aromatic rings. The van der Waals surface area contributed by atoms with Gasteiger partial charge in [0, 0.05) is 36.3 Å². The van der Waals surface area contributed by atoms with Gasteiger partial charge in [-0.05, 0) is 23.8 Å². The maximum absolute atomic E-state index is 12.8. The van der Waals surface area contributed by atoms with Crippen LogP contribution in [0.3, 0.4) is 0 Å². The van der Waals surface area contributed by atoms with Gasteiger partial charge in [-0.25, -0.2) is 0 Å². The summed E-state index contributed by atoms with van der Waals surface area (Å²) in [4.78, 5) is 12.8. The summed E-state index contributed by atoms with van der Waals surface area (Å²) in [6, 6.07) is 18.1. The van der Waals surface area contributed by atoms with Gasteiger partial charge in [0.1, 0.15) is 35.2 Å². The summed E-state index contributed by atoms with van der Waals surface area (Å²) < 4.78 is 13.7. The first-order valence-corrected chi connectivity index (χ1v) is 9.76. The molecule has 1 aliphatic heterocycles. The van der Waals surface area contributed by atoms with E-state index in [2.05, 4.69) is 0 Å². The van der Waals surface area contributed by atoms with Gasteiger partial charge in [-0.2, -0.15) is 0 Å². The number of Topliss-reactive ketones (excluding diaryl/α,β-unsaturated/α-hetero) is 1. The number of hydrogen-bond donors (Lipinski definition) is 2. The lowest BCUT2D eigenvalue weighted by Gasteiger charge is -2.09. The minimum atomic E-state index is -0.438. The van der Waals surface area contributed by atoms with Crippen molar-refractivity contribution in [2.75, 3.05) is 0 Å². The molecule has 6 nitrogen and oxygen atoms in total. The molecule has 1 aromatic heterocycles. The Bertz CT molecular complexity index is 1350. The van der Waals surface area contributed by atoms with Crippen molar-refractivity contribution in [3.05, 3.63) is 89.3 Å². The van der Waals surface area contributed by atoms with Gasteiger partial charge in [0.25, 0.3) is 0 Å². The van der Waals surface area contributed by atoms with E-state index < -0.39 is 5.78 Å². The molecule has 0 spiro atoms. The van der Waals surface area contributed by atoms with Gasteiger partial charge in [0.05, 0.1) is 5.52 Å². The Morgan fingerprint density at radius 2 is 1.87 bits per heavy atom. The number of aromatic nitrogens is 1. The fraction of sp³-hybridized carbons (Fsp3) is 0.0800. The Kier molecular flexibility index (Phi) is 4.40. The molecule has 0 aliphatic carbocycles. The molecule has 154 valence electrons. The van der Waals surface area contributed by atoms with E-state index in [4.69, 9.17) is 9.47 Å². The molecule has 6 heteroatoms. The van der Waals surface area contributed by atoms with Crippen LogP contribution in [-0.2, 0) is 13.7 Å². The number of hydrogen-bond acceptors (Lipinski definition) is 5. The third-order valence-corrected chi connectivity index (χ3v) is 5.27. The molecular formula is C25H19NO5. The number of nitrogens with zero attached hydrogens (tertiary/aromatic N) is 1. The number of ketones is 1. The van der Waals surface area contributed by atoms with Gasteiger partial charge in [0.2, 0.25) is 5.78 Å². The molecule has 0 unspecified atom stereocenters. The van der Waals surface area contributed by atoms with Crippen LogP contribution in [0.1, 0.15) is 21.5 Å². The van der Waals surface area contributed by atoms with Crippen molar-refractivity contribution >= 4 is 22.8 Å². The summed E-state index contributed by atoms with van der Waals surface area (Å²) in [5, 5.41) is 20.6. The number of aryl methyl sites for hydroxylation is 1. The molecule has 1 aliphatic rings. The first kappa shape index (κ1) is 18.8. The Morgan fingerprint density at radius 3 is 2.68 bits per heavy atom. The van der Waals surface area contributed by atoms with Gasteiger partial charge in [0.15, 0.2) is 5.76 Å². The number of benzene rings is 3. The summed E-state index contributed by atoms with van der Waals surface area (Å²) in [6.07, 6.45) is 3.53. The monoisotopic (exact) mass is 413 g/mol. The number of carbonyl (C=O) groups is 1. The van der Waals surface area contributed by atoms with E-state index in [-0.39, 0.29) is 28.6 Å². The molecule has 0 bridgehead atoms. The molecule has 31 heavy (non-hydrogen) atoms. The van der Waals surface area contributed by atoms with Crippen molar-refractivity contribution < 1.29 is 24.5 Å². The second-order valence-electron chi connectivity index (χ2n) is 7.40. The highest BCUT2D eigenvalue weighted by Crippen LogP contribution is 2.41.